The van der Waals surface area contributed by atoms with E-state index in [4.69, 9.17) is 23.2 Å². The van der Waals surface area contributed by atoms with Crippen molar-refractivity contribution in [2.45, 2.75) is 13.5 Å². The van der Waals surface area contributed by atoms with E-state index in [1.807, 2.05) is 40.2 Å². The van der Waals surface area contributed by atoms with Gasteiger partial charge in [0.15, 0.2) is 0 Å². The van der Waals surface area contributed by atoms with Crippen molar-refractivity contribution in [3.63, 3.8) is 0 Å². The van der Waals surface area contributed by atoms with Crippen LogP contribution < -0.4 is 10.2 Å². The van der Waals surface area contributed by atoms with Crippen molar-refractivity contribution in [2.24, 2.45) is 0 Å². The van der Waals surface area contributed by atoms with Crippen LogP contribution >= 0.6 is 23.2 Å². The van der Waals surface area contributed by atoms with Gasteiger partial charge < -0.3 is 10.2 Å². The zero-order valence-corrected chi connectivity index (χ0v) is 13.0. The number of fused-ring (bicyclic) bond motifs is 1. The molecule has 0 radical (unpaired) electrons. The van der Waals surface area contributed by atoms with Crippen LogP contribution in [0.2, 0.25) is 10.0 Å². The maximum absolute atomic E-state index is 6.14. The lowest BCUT2D eigenvalue weighted by atomic mass is 10.1. The van der Waals surface area contributed by atoms with E-state index in [0.29, 0.717) is 10.0 Å². The summed E-state index contributed by atoms with van der Waals surface area (Å²) in [5, 5.41) is 5.30. The molecule has 2 rings (SSSR count). The molecule has 0 saturated heterocycles. The van der Waals surface area contributed by atoms with Gasteiger partial charge in [0.1, 0.15) is 0 Å². The fourth-order valence-corrected chi connectivity index (χ4v) is 2.62. The molecule has 0 fully saturated rings. The first kappa shape index (κ1) is 14.4. The average Bonchev–Trinajstić information content (AvgIpc) is 2.32. The lowest BCUT2D eigenvalue weighted by Gasteiger charge is -2.22. The summed E-state index contributed by atoms with van der Waals surface area (Å²) in [6, 6.07) is 3.71. The third kappa shape index (κ3) is 2.64. The molecule has 1 N–H and O–H groups in total. The van der Waals surface area contributed by atoms with Gasteiger partial charge in [-0.05, 0) is 26.1 Å². The zero-order valence-electron chi connectivity index (χ0n) is 11.5. The first-order valence-corrected chi connectivity index (χ1v) is 6.81. The summed E-state index contributed by atoms with van der Waals surface area (Å²) in [7, 11) is 5.98. The summed E-state index contributed by atoms with van der Waals surface area (Å²) in [6.07, 6.45) is 0. The molecule has 0 aliphatic heterocycles. The SMILES string of the molecule is CNCc1c(C)nc2cc(Cl)c(Cl)cc2c1N(C)C. The van der Waals surface area contributed by atoms with Crippen molar-refractivity contribution in [3.8, 4) is 0 Å². The predicted octanol–water partition coefficient (Wildman–Crippen LogP) is 3.64. The van der Waals surface area contributed by atoms with Gasteiger partial charge >= 0.3 is 0 Å². The van der Waals surface area contributed by atoms with E-state index >= 15 is 0 Å². The molecule has 0 aliphatic rings. The van der Waals surface area contributed by atoms with Gasteiger partial charge in [-0.25, -0.2) is 0 Å². The second kappa shape index (κ2) is 5.53. The van der Waals surface area contributed by atoms with Crippen LogP contribution in [-0.2, 0) is 6.54 Å². The molecule has 0 bridgehead atoms. The number of hydrogen-bond acceptors (Lipinski definition) is 3. The number of pyridine rings is 1. The summed E-state index contributed by atoms with van der Waals surface area (Å²) >= 11 is 12.2. The number of anilines is 1. The fourth-order valence-electron chi connectivity index (χ4n) is 2.30. The van der Waals surface area contributed by atoms with Crippen molar-refractivity contribution in [1.29, 1.82) is 0 Å². The molecule has 0 spiro atoms. The lowest BCUT2D eigenvalue weighted by Crippen LogP contribution is -2.17. The summed E-state index contributed by atoms with van der Waals surface area (Å²) in [4.78, 5) is 6.72. The molecular weight excluding hydrogens is 281 g/mol. The van der Waals surface area contributed by atoms with Crippen molar-refractivity contribution in [3.05, 3.63) is 33.4 Å². The van der Waals surface area contributed by atoms with E-state index in [0.717, 1.165) is 28.8 Å². The smallest absolute Gasteiger partial charge is 0.0742 e. The standard InChI is InChI=1S/C14H17Cl2N3/c1-8-10(7-17-2)14(19(3)4)9-5-11(15)12(16)6-13(9)18-8/h5-6,17H,7H2,1-4H3. The Labute approximate surface area is 123 Å². The maximum Gasteiger partial charge on any atom is 0.0742 e. The molecule has 0 amide bonds. The molecule has 1 aromatic heterocycles. The van der Waals surface area contributed by atoms with Gasteiger partial charge in [-0.3, -0.25) is 4.98 Å². The second-order valence-electron chi connectivity index (χ2n) is 4.73. The maximum atomic E-state index is 6.14. The Morgan fingerprint density at radius 2 is 1.84 bits per heavy atom. The second-order valence-corrected chi connectivity index (χ2v) is 5.55. The third-order valence-electron chi connectivity index (χ3n) is 3.11. The Kier molecular flexibility index (Phi) is 4.19. The fraction of sp³-hybridized carbons (Fsp3) is 0.357. The van der Waals surface area contributed by atoms with E-state index in [9.17, 15) is 0 Å². The van der Waals surface area contributed by atoms with Crippen molar-refractivity contribution in [1.82, 2.24) is 10.3 Å². The normalized spacial score (nSPS) is 11.1. The number of rotatable bonds is 3. The Bertz CT molecular complexity index is 624. The van der Waals surface area contributed by atoms with Gasteiger partial charge in [0, 0.05) is 37.3 Å². The molecular formula is C14H17Cl2N3. The first-order valence-electron chi connectivity index (χ1n) is 6.06. The largest absolute Gasteiger partial charge is 0.377 e. The topological polar surface area (TPSA) is 28.2 Å². The number of hydrogen-bond donors (Lipinski definition) is 1. The Morgan fingerprint density at radius 1 is 1.21 bits per heavy atom. The summed E-state index contributed by atoms with van der Waals surface area (Å²) < 4.78 is 0. The Hall–Kier alpha value is -1.03. The number of benzene rings is 1. The lowest BCUT2D eigenvalue weighted by molar-refractivity contribution is 0.804. The van der Waals surface area contributed by atoms with Gasteiger partial charge in [0.25, 0.3) is 0 Å². The van der Waals surface area contributed by atoms with Crippen LogP contribution in [0.25, 0.3) is 10.9 Å². The monoisotopic (exact) mass is 297 g/mol. The molecule has 0 aliphatic carbocycles. The highest BCUT2D eigenvalue weighted by Crippen LogP contribution is 2.35. The summed E-state index contributed by atoms with van der Waals surface area (Å²) in [6.45, 7) is 2.78. The van der Waals surface area contributed by atoms with E-state index in [1.165, 1.54) is 5.56 Å². The number of nitrogens with zero attached hydrogens (tertiary/aromatic N) is 2. The number of aromatic nitrogens is 1. The summed E-state index contributed by atoms with van der Waals surface area (Å²) in [5.41, 5.74) is 4.19. The van der Waals surface area contributed by atoms with Crippen LogP contribution in [0.5, 0.6) is 0 Å². The van der Waals surface area contributed by atoms with Crippen LogP contribution in [0.15, 0.2) is 12.1 Å². The van der Waals surface area contributed by atoms with Crippen LogP contribution in [-0.4, -0.2) is 26.1 Å². The van der Waals surface area contributed by atoms with Gasteiger partial charge in [-0.1, -0.05) is 23.2 Å². The van der Waals surface area contributed by atoms with Crippen molar-refractivity contribution < 1.29 is 0 Å². The van der Waals surface area contributed by atoms with Gasteiger partial charge in [-0.2, -0.15) is 0 Å². The molecule has 19 heavy (non-hydrogen) atoms. The average molecular weight is 298 g/mol. The van der Waals surface area contributed by atoms with Gasteiger partial charge in [0.2, 0.25) is 0 Å². The van der Waals surface area contributed by atoms with E-state index in [-0.39, 0.29) is 0 Å². The minimum Gasteiger partial charge on any atom is -0.377 e. The van der Waals surface area contributed by atoms with Crippen molar-refractivity contribution in [2.75, 3.05) is 26.0 Å². The molecule has 1 aromatic carbocycles. The van der Waals surface area contributed by atoms with Crippen LogP contribution in [0.4, 0.5) is 5.69 Å². The minimum atomic E-state index is 0.534. The molecule has 102 valence electrons. The molecule has 3 nitrogen and oxygen atoms in total. The number of halogens is 2. The highest BCUT2D eigenvalue weighted by molar-refractivity contribution is 6.42. The Balaban J connectivity index is 2.85. The number of aryl methyl sites for hydroxylation is 1. The molecule has 1 heterocycles. The van der Waals surface area contributed by atoms with E-state index < -0.39 is 0 Å². The molecule has 0 unspecified atom stereocenters. The van der Waals surface area contributed by atoms with E-state index in [1.54, 1.807) is 0 Å². The van der Waals surface area contributed by atoms with Crippen molar-refractivity contribution >= 4 is 39.8 Å². The van der Waals surface area contributed by atoms with Crippen LogP contribution in [0, 0.1) is 6.92 Å². The minimum absolute atomic E-state index is 0.534. The zero-order chi connectivity index (χ0) is 14.2. The molecule has 0 atom stereocenters. The molecule has 5 heteroatoms. The highest BCUT2D eigenvalue weighted by Gasteiger charge is 2.15. The third-order valence-corrected chi connectivity index (χ3v) is 3.83. The quantitative estimate of drug-likeness (QED) is 0.937. The predicted molar refractivity (Wildman–Crippen MR) is 83.6 cm³/mol. The Morgan fingerprint density at radius 3 is 2.42 bits per heavy atom. The highest BCUT2D eigenvalue weighted by atomic mass is 35.5. The molecule has 0 saturated carbocycles. The van der Waals surface area contributed by atoms with Crippen LogP contribution in [0.3, 0.4) is 0 Å². The van der Waals surface area contributed by atoms with E-state index in [2.05, 4.69) is 15.2 Å². The first-order chi connectivity index (χ1) is 8.95. The van der Waals surface area contributed by atoms with Gasteiger partial charge in [-0.15, -0.1) is 0 Å². The summed E-state index contributed by atoms with van der Waals surface area (Å²) in [5.74, 6) is 0. The number of nitrogens with one attached hydrogen (secondary N) is 1. The molecule has 2 aromatic rings. The van der Waals surface area contributed by atoms with Gasteiger partial charge in [0.05, 0.1) is 21.2 Å². The van der Waals surface area contributed by atoms with Crippen LogP contribution in [0.1, 0.15) is 11.3 Å².